The van der Waals surface area contributed by atoms with Crippen molar-refractivity contribution >= 4 is 28.9 Å². The highest BCUT2D eigenvalue weighted by molar-refractivity contribution is 5.78. The number of benzene rings is 2. The highest BCUT2D eigenvalue weighted by Gasteiger charge is 2.05. The van der Waals surface area contributed by atoms with Crippen molar-refractivity contribution in [3.63, 3.8) is 0 Å². The smallest absolute Gasteiger partial charge is 0.258 e. The van der Waals surface area contributed by atoms with Crippen LogP contribution >= 0.6 is 0 Å². The van der Waals surface area contributed by atoms with E-state index in [9.17, 15) is 10.1 Å². The van der Waals surface area contributed by atoms with Gasteiger partial charge in [-0.2, -0.15) is 0 Å². The van der Waals surface area contributed by atoms with Gasteiger partial charge in [0.2, 0.25) is 0 Å². The molecule has 0 fully saturated rings. The van der Waals surface area contributed by atoms with Crippen LogP contribution in [0.3, 0.4) is 0 Å². The number of hydrogen-bond acceptors (Lipinski definition) is 4. The zero-order chi connectivity index (χ0) is 15.5. The van der Waals surface area contributed by atoms with Gasteiger partial charge in [0.1, 0.15) is 0 Å². The van der Waals surface area contributed by atoms with Crippen molar-refractivity contribution in [1.82, 2.24) is 9.97 Å². The maximum atomic E-state index is 10.8. The molecule has 0 N–H and O–H groups in total. The van der Waals surface area contributed by atoms with Crippen LogP contribution in [-0.4, -0.2) is 14.9 Å². The Morgan fingerprint density at radius 2 is 1.73 bits per heavy atom. The molecule has 5 heteroatoms. The molecular formula is C17H13N3O2. The van der Waals surface area contributed by atoms with Crippen molar-refractivity contribution in [1.29, 1.82) is 0 Å². The zero-order valence-corrected chi connectivity index (χ0v) is 11.9. The molecule has 22 heavy (non-hydrogen) atoms. The molecule has 0 amide bonds. The lowest BCUT2D eigenvalue weighted by molar-refractivity contribution is -0.384. The summed E-state index contributed by atoms with van der Waals surface area (Å²) in [5, 5.41) is 10.8. The monoisotopic (exact) mass is 291 g/mol. The van der Waals surface area contributed by atoms with E-state index in [2.05, 4.69) is 9.97 Å². The molecule has 3 aromatic rings. The van der Waals surface area contributed by atoms with Gasteiger partial charge in [-0.3, -0.25) is 10.1 Å². The van der Waals surface area contributed by atoms with Crippen LogP contribution in [0.25, 0.3) is 23.2 Å². The van der Waals surface area contributed by atoms with Gasteiger partial charge >= 0.3 is 0 Å². The maximum Gasteiger partial charge on any atom is 0.270 e. The van der Waals surface area contributed by atoms with E-state index < -0.39 is 4.92 Å². The molecule has 0 spiro atoms. The Balaban J connectivity index is 1.97. The number of nitro groups is 1. The lowest BCUT2D eigenvalue weighted by Gasteiger charge is -2.02. The second kappa shape index (κ2) is 5.73. The Morgan fingerprint density at radius 3 is 2.45 bits per heavy atom. The fourth-order valence-electron chi connectivity index (χ4n) is 2.18. The van der Waals surface area contributed by atoms with E-state index in [1.807, 2.05) is 43.3 Å². The lowest BCUT2D eigenvalue weighted by atomic mass is 10.1. The number of aromatic nitrogens is 2. The first-order valence-electron chi connectivity index (χ1n) is 6.79. The van der Waals surface area contributed by atoms with Crippen LogP contribution in [0.15, 0.2) is 48.5 Å². The molecule has 108 valence electrons. The van der Waals surface area contributed by atoms with Crippen molar-refractivity contribution in [2.24, 2.45) is 0 Å². The van der Waals surface area contributed by atoms with Crippen molar-refractivity contribution in [3.8, 4) is 0 Å². The van der Waals surface area contributed by atoms with Crippen molar-refractivity contribution in [2.75, 3.05) is 0 Å². The van der Waals surface area contributed by atoms with Crippen molar-refractivity contribution in [3.05, 3.63) is 75.6 Å². The predicted molar refractivity (Wildman–Crippen MR) is 86.3 cm³/mol. The van der Waals surface area contributed by atoms with Crippen LogP contribution in [-0.2, 0) is 0 Å². The largest absolute Gasteiger partial charge is 0.270 e. The minimum atomic E-state index is -0.404. The fraction of sp³-hybridized carbons (Fsp3) is 0.0588. The molecule has 3 rings (SSSR count). The van der Waals surface area contributed by atoms with Crippen molar-refractivity contribution in [2.45, 2.75) is 6.92 Å². The van der Waals surface area contributed by atoms with E-state index in [0.717, 1.165) is 28.0 Å². The zero-order valence-electron chi connectivity index (χ0n) is 11.9. The Labute approximate surface area is 127 Å². The standard InChI is InChI=1S/C17H13N3O2/c1-12-15(19-17-8-3-2-7-16(17)18-12)10-9-13-5-4-6-14(11-13)20(21)22/h2-11H,1H3. The number of rotatable bonds is 3. The summed E-state index contributed by atoms with van der Waals surface area (Å²) < 4.78 is 0. The first kappa shape index (κ1) is 13.9. The van der Waals surface area contributed by atoms with E-state index in [-0.39, 0.29) is 5.69 Å². The number of fused-ring (bicyclic) bond motifs is 1. The number of nitrogens with zero attached hydrogens (tertiary/aromatic N) is 3. The molecule has 1 aromatic heterocycles. The minimum absolute atomic E-state index is 0.0727. The van der Waals surface area contributed by atoms with Gasteiger partial charge in [0, 0.05) is 12.1 Å². The van der Waals surface area contributed by atoms with Gasteiger partial charge in [-0.05, 0) is 30.7 Å². The first-order chi connectivity index (χ1) is 10.6. The van der Waals surface area contributed by atoms with Crippen LogP contribution < -0.4 is 0 Å². The average Bonchev–Trinajstić information content (AvgIpc) is 2.53. The number of hydrogen-bond donors (Lipinski definition) is 0. The molecule has 0 aliphatic heterocycles. The van der Waals surface area contributed by atoms with E-state index in [1.165, 1.54) is 12.1 Å². The van der Waals surface area contributed by atoms with Gasteiger partial charge in [0.15, 0.2) is 0 Å². The lowest BCUT2D eigenvalue weighted by Crippen LogP contribution is -1.93. The second-order valence-corrected chi connectivity index (χ2v) is 4.87. The summed E-state index contributed by atoms with van der Waals surface area (Å²) in [4.78, 5) is 19.5. The molecule has 0 saturated heterocycles. The third kappa shape index (κ3) is 2.83. The summed E-state index contributed by atoms with van der Waals surface area (Å²) in [6, 6.07) is 14.1. The summed E-state index contributed by atoms with van der Waals surface area (Å²) in [5.41, 5.74) is 4.08. The normalized spacial score (nSPS) is 11.1. The summed E-state index contributed by atoms with van der Waals surface area (Å²) in [5.74, 6) is 0. The third-order valence-corrected chi connectivity index (χ3v) is 3.30. The molecule has 0 aliphatic carbocycles. The quantitative estimate of drug-likeness (QED) is 0.540. The SMILES string of the molecule is Cc1nc2ccccc2nc1C=Cc1cccc([N+](=O)[O-])c1. The van der Waals surface area contributed by atoms with E-state index >= 15 is 0 Å². The fourth-order valence-corrected chi connectivity index (χ4v) is 2.18. The highest BCUT2D eigenvalue weighted by atomic mass is 16.6. The van der Waals surface area contributed by atoms with Gasteiger partial charge in [-0.25, -0.2) is 9.97 Å². The van der Waals surface area contributed by atoms with Crippen LogP contribution in [0, 0.1) is 17.0 Å². The van der Waals surface area contributed by atoms with Crippen LogP contribution in [0.5, 0.6) is 0 Å². The number of nitro benzene ring substituents is 1. The highest BCUT2D eigenvalue weighted by Crippen LogP contribution is 2.17. The molecule has 1 heterocycles. The molecule has 0 unspecified atom stereocenters. The van der Waals surface area contributed by atoms with Crippen molar-refractivity contribution < 1.29 is 4.92 Å². The average molecular weight is 291 g/mol. The predicted octanol–water partition coefficient (Wildman–Crippen LogP) is 4.02. The van der Waals surface area contributed by atoms with Gasteiger partial charge in [0.05, 0.1) is 27.3 Å². The van der Waals surface area contributed by atoms with E-state index in [1.54, 1.807) is 12.1 Å². The van der Waals surface area contributed by atoms with Crippen LogP contribution in [0.2, 0.25) is 0 Å². The molecule has 0 aliphatic rings. The van der Waals surface area contributed by atoms with E-state index in [4.69, 9.17) is 0 Å². The molecule has 0 radical (unpaired) electrons. The molecule has 0 saturated carbocycles. The maximum absolute atomic E-state index is 10.8. The van der Waals surface area contributed by atoms with E-state index in [0.29, 0.717) is 0 Å². The third-order valence-electron chi connectivity index (χ3n) is 3.30. The summed E-state index contributed by atoms with van der Waals surface area (Å²) in [7, 11) is 0. The molecule has 2 aromatic carbocycles. The Hall–Kier alpha value is -3.08. The van der Waals surface area contributed by atoms with Crippen LogP contribution in [0.4, 0.5) is 5.69 Å². The second-order valence-electron chi connectivity index (χ2n) is 4.87. The Kier molecular flexibility index (Phi) is 3.62. The molecule has 5 nitrogen and oxygen atoms in total. The van der Waals surface area contributed by atoms with Gasteiger partial charge < -0.3 is 0 Å². The number of aryl methyl sites for hydroxylation is 1. The molecule has 0 atom stereocenters. The van der Waals surface area contributed by atoms with Gasteiger partial charge in [-0.15, -0.1) is 0 Å². The Bertz CT molecular complexity index is 888. The number of non-ortho nitro benzene ring substituents is 1. The first-order valence-corrected chi connectivity index (χ1v) is 6.79. The van der Waals surface area contributed by atoms with Crippen LogP contribution in [0.1, 0.15) is 17.0 Å². The Morgan fingerprint density at radius 1 is 1.00 bits per heavy atom. The summed E-state index contributed by atoms with van der Waals surface area (Å²) in [6.07, 6.45) is 3.63. The molecular weight excluding hydrogens is 278 g/mol. The number of para-hydroxylation sites is 2. The van der Waals surface area contributed by atoms with Gasteiger partial charge in [-0.1, -0.05) is 30.3 Å². The van der Waals surface area contributed by atoms with Gasteiger partial charge in [0.25, 0.3) is 5.69 Å². The topological polar surface area (TPSA) is 68.9 Å². The minimum Gasteiger partial charge on any atom is -0.258 e. The summed E-state index contributed by atoms with van der Waals surface area (Å²) >= 11 is 0. The molecule has 0 bridgehead atoms. The summed E-state index contributed by atoms with van der Waals surface area (Å²) in [6.45, 7) is 1.90.